The van der Waals surface area contributed by atoms with Gasteiger partial charge in [-0.05, 0) is 64.0 Å². The van der Waals surface area contributed by atoms with Crippen LogP contribution >= 0.6 is 0 Å². The number of nitrogens with zero attached hydrogens (tertiary/aromatic N) is 2. The Hall–Kier alpha value is -1.73. The molecule has 1 aromatic heterocycles. The molecule has 5 heterocycles. The molecule has 5 unspecified atom stereocenters. The molecule has 0 bridgehead atoms. The van der Waals surface area contributed by atoms with Crippen LogP contribution in [0.3, 0.4) is 0 Å². The van der Waals surface area contributed by atoms with E-state index in [1.54, 1.807) is 0 Å². The van der Waals surface area contributed by atoms with Crippen molar-refractivity contribution in [2.75, 3.05) is 26.3 Å². The standard InChI is InChI=1S/C27H38N4O2/c1-17-24(18(2)33-30-17)21-15-23-25(29-16-21)22-9-6-12-28-27(22)31(23)26(19-7-4-3-5-8-19)20-10-13-32-14-11-20/h3-5,7-8,20-23,25-29H,6,9-16H2,1-2H3/t21?,22?,23?,25?,26-,27?/m1/s1. The third kappa shape index (κ3) is 3.85. The molecule has 4 aliphatic rings. The van der Waals surface area contributed by atoms with Gasteiger partial charge in [0.1, 0.15) is 5.76 Å². The second-order valence-corrected chi connectivity index (χ2v) is 10.6. The smallest absolute Gasteiger partial charge is 0.137 e. The summed E-state index contributed by atoms with van der Waals surface area (Å²) in [5.74, 6) is 2.73. The first-order valence-corrected chi connectivity index (χ1v) is 13.0. The summed E-state index contributed by atoms with van der Waals surface area (Å²) >= 11 is 0. The molecular formula is C27H38N4O2. The number of rotatable bonds is 4. The quantitative estimate of drug-likeness (QED) is 0.736. The Morgan fingerprint density at radius 2 is 1.88 bits per heavy atom. The van der Waals surface area contributed by atoms with Gasteiger partial charge in [-0.15, -0.1) is 0 Å². The van der Waals surface area contributed by atoms with Gasteiger partial charge < -0.3 is 19.9 Å². The zero-order valence-corrected chi connectivity index (χ0v) is 20.0. The van der Waals surface area contributed by atoms with Crippen LogP contribution in [0.15, 0.2) is 34.9 Å². The van der Waals surface area contributed by atoms with Crippen LogP contribution in [0, 0.1) is 25.7 Å². The van der Waals surface area contributed by atoms with Crippen molar-refractivity contribution in [1.82, 2.24) is 20.7 Å². The maximum absolute atomic E-state index is 5.79. The first-order valence-electron chi connectivity index (χ1n) is 13.0. The molecule has 4 saturated heterocycles. The lowest BCUT2D eigenvalue weighted by Crippen LogP contribution is -2.54. The lowest BCUT2D eigenvalue weighted by molar-refractivity contribution is -0.00805. The van der Waals surface area contributed by atoms with E-state index >= 15 is 0 Å². The van der Waals surface area contributed by atoms with Crippen LogP contribution in [0.5, 0.6) is 0 Å². The molecule has 178 valence electrons. The molecule has 0 radical (unpaired) electrons. The number of piperidine rings is 2. The highest BCUT2D eigenvalue weighted by Crippen LogP contribution is 2.48. The van der Waals surface area contributed by atoms with E-state index in [0.29, 0.717) is 42.0 Å². The number of aromatic nitrogens is 1. The summed E-state index contributed by atoms with van der Waals surface area (Å²) in [6.07, 6.45) is 6.49. The maximum Gasteiger partial charge on any atom is 0.137 e. The van der Waals surface area contributed by atoms with E-state index in [4.69, 9.17) is 9.26 Å². The number of nitrogens with one attached hydrogen (secondary N) is 2. The number of fused-ring (bicyclic) bond motifs is 3. The second kappa shape index (κ2) is 9.14. The van der Waals surface area contributed by atoms with E-state index in [0.717, 1.165) is 50.6 Å². The minimum Gasteiger partial charge on any atom is -0.381 e. The number of aryl methyl sites for hydroxylation is 2. The second-order valence-electron chi connectivity index (χ2n) is 10.6. The normalized spacial score (nSPS) is 34.1. The van der Waals surface area contributed by atoms with Crippen molar-refractivity contribution in [3.05, 3.63) is 52.9 Å². The SMILES string of the molecule is Cc1noc(C)c1C1CNC2C3CCCNC3N([C@H](c3ccccc3)C3CCOCC3)C2C1. The molecule has 2 N–H and O–H groups in total. The van der Waals surface area contributed by atoms with E-state index < -0.39 is 0 Å². The van der Waals surface area contributed by atoms with Gasteiger partial charge in [-0.1, -0.05) is 35.5 Å². The van der Waals surface area contributed by atoms with Crippen molar-refractivity contribution >= 4 is 0 Å². The van der Waals surface area contributed by atoms with Crippen LogP contribution in [-0.4, -0.2) is 54.6 Å². The molecule has 2 aromatic rings. The Balaban J connectivity index is 1.39. The van der Waals surface area contributed by atoms with E-state index in [9.17, 15) is 0 Å². The highest BCUT2D eigenvalue weighted by Gasteiger charge is 2.55. The third-order valence-corrected chi connectivity index (χ3v) is 8.85. The molecule has 6 nitrogen and oxygen atoms in total. The summed E-state index contributed by atoms with van der Waals surface area (Å²) in [5, 5.41) is 12.3. The molecular weight excluding hydrogens is 412 g/mol. The number of hydrogen-bond acceptors (Lipinski definition) is 6. The Morgan fingerprint density at radius 1 is 1.06 bits per heavy atom. The third-order valence-electron chi connectivity index (χ3n) is 8.85. The largest absolute Gasteiger partial charge is 0.381 e. The monoisotopic (exact) mass is 450 g/mol. The van der Waals surface area contributed by atoms with Gasteiger partial charge in [0.2, 0.25) is 0 Å². The Labute approximate surface area is 197 Å². The number of benzene rings is 1. The van der Waals surface area contributed by atoms with Crippen LogP contribution in [0.4, 0.5) is 0 Å². The summed E-state index contributed by atoms with van der Waals surface area (Å²) in [5.41, 5.74) is 3.85. The minimum absolute atomic E-state index is 0.424. The molecule has 33 heavy (non-hydrogen) atoms. The Bertz CT molecular complexity index is 921. The van der Waals surface area contributed by atoms with Crippen LogP contribution in [0.25, 0.3) is 0 Å². The van der Waals surface area contributed by atoms with Crippen molar-refractivity contribution in [1.29, 1.82) is 0 Å². The molecule has 6 heteroatoms. The van der Waals surface area contributed by atoms with Crippen LogP contribution < -0.4 is 10.6 Å². The maximum atomic E-state index is 5.79. The van der Waals surface area contributed by atoms with Gasteiger partial charge in [0.25, 0.3) is 0 Å². The van der Waals surface area contributed by atoms with Crippen molar-refractivity contribution in [3.63, 3.8) is 0 Å². The van der Waals surface area contributed by atoms with Gasteiger partial charge in [-0.2, -0.15) is 0 Å². The van der Waals surface area contributed by atoms with Crippen LogP contribution in [-0.2, 0) is 4.74 Å². The number of likely N-dealkylation sites (tertiary alicyclic amines) is 1. The lowest BCUT2D eigenvalue weighted by atomic mass is 9.80. The average molecular weight is 451 g/mol. The lowest BCUT2D eigenvalue weighted by Gasteiger charge is -2.46. The number of ether oxygens (including phenoxy) is 1. The Morgan fingerprint density at radius 3 is 2.64 bits per heavy atom. The molecule has 0 aliphatic carbocycles. The highest BCUT2D eigenvalue weighted by atomic mass is 16.5. The first-order chi connectivity index (χ1) is 16.2. The van der Waals surface area contributed by atoms with Crippen LogP contribution in [0.1, 0.15) is 66.6 Å². The van der Waals surface area contributed by atoms with Crippen molar-refractivity contribution < 1.29 is 9.26 Å². The van der Waals surface area contributed by atoms with Crippen LogP contribution in [0.2, 0.25) is 0 Å². The summed E-state index contributed by atoms with van der Waals surface area (Å²) in [7, 11) is 0. The summed E-state index contributed by atoms with van der Waals surface area (Å²) < 4.78 is 11.4. The molecule has 0 saturated carbocycles. The van der Waals surface area contributed by atoms with Gasteiger partial charge >= 0.3 is 0 Å². The molecule has 6 atom stereocenters. The molecule has 0 amide bonds. The van der Waals surface area contributed by atoms with Gasteiger partial charge in [-0.3, -0.25) is 4.90 Å². The molecule has 1 aromatic carbocycles. The van der Waals surface area contributed by atoms with Gasteiger partial charge in [0.05, 0.1) is 11.9 Å². The van der Waals surface area contributed by atoms with Gasteiger partial charge in [0, 0.05) is 55.3 Å². The molecule has 6 rings (SSSR count). The fourth-order valence-electron chi connectivity index (χ4n) is 7.53. The average Bonchev–Trinajstić information content (AvgIpc) is 3.37. The first kappa shape index (κ1) is 21.8. The molecule has 0 spiro atoms. The van der Waals surface area contributed by atoms with E-state index in [-0.39, 0.29) is 0 Å². The van der Waals surface area contributed by atoms with Crippen molar-refractivity contribution in [3.8, 4) is 0 Å². The number of hydrogen-bond donors (Lipinski definition) is 2. The molecule has 4 fully saturated rings. The zero-order valence-electron chi connectivity index (χ0n) is 20.0. The zero-order chi connectivity index (χ0) is 22.4. The predicted molar refractivity (Wildman–Crippen MR) is 128 cm³/mol. The summed E-state index contributed by atoms with van der Waals surface area (Å²) in [6, 6.07) is 12.8. The predicted octanol–water partition coefficient (Wildman–Crippen LogP) is 3.91. The van der Waals surface area contributed by atoms with Gasteiger partial charge in [0.15, 0.2) is 0 Å². The fourth-order valence-corrected chi connectivity index (χ4v) is 7.53. The minimum atomic E-state index is 0.424. The van der Waals surface area contributed by atoms with E-state index in [1.165, 1.54) is 30.4 Å². The van der Waals surface area contributed by atoms with E-state index in [2.05, 4.69) is 64.9 Å². The van der Waals surface area contributed by atoms with E-state index in [1.807, 2.05) is 0 Å². The topological polar surface area (TPSA) is 62.6 Å². The molecule has 4 aliphatic heterocycles. The van der Waals surface area contributed by atoms with Crippen molar-refractivity contribution in [2.45, 2.75) is 76.2 Å². The summed E-state index contributed by atoms with van der Waals surface area (Å²) in [6.45, 7) is 8.09. The Kier molecular flexibility index (Phi) is 6.03. The van der Waals surface area contributed by atoms with Crippen molar-refractivity contribution in [2.24, 2.45) is 11.8 Å². The summed E-state index contributed by atoms with van der Waals surface area (Å²) in [4.78, 5) is 2.91. The highest BCUT2D eigenvalue weighted by molar-refractivity contribution is 5.29. The fraction of sp³-hybridized carbons (Fsp3) is 0.667. The van der Waals surface area contributed by atoms with Gasteiger partial charge in [-0.25, -0.2) is 0 Å².